The van der Waals surface area contributed by atoms with Crippen molar-refractivity contribution >= 4 is 25.2 Å². The number of anilines is 1. The van der Waals surface area contributed by atoms with E-state index >= 15 is 0 Å². The van der Waals surface area contributed by atoms with E-state index in [2.05, 4.69) is 17.0 Å². The lowest BCUT2D eigenvalue weighted by Gasteiger charge is -2.24. The van der Waals surface area contributed by atoms with E-state index in [0.29, 0.717) is 5.56 Å². The van der Waals surface area contributed by atoms with Crippen LogP contribution in [0, 0.1) is 0 Å². The van der Waals surface area contributed by atoms with Crippen LogP contribution in [-0.2, 0) is 11.3 Å². The zero-order valence-electron chi connectivity index (χ0n) is 13.3. The molecule has 0 spiro atoms. The van der Waals surface area contributed by atoms with Gasteiger partial charge in [0.05, 0.1) is 19.2 Å². The molecule has 5 heteroatoms. The van der Waals surface area contributed by atoms with Crippen LogP contribution < -0.4 is 9.64 Å². The first-order valence-corrected chi connectivity index (χ1v) is 7.35. The van der Waals surface area contributed by atoms with Gasteiger partial charge in [0.25, 0.3) is 0 Å². The molecule has 0 amide bonds. The van der Waals surface area contributed by atoms with Gasteiger partial charge < -0.3 is 14.4 Å². The molecule has 4 nitrogen and oxygen atoms in total. The number of nitrogens with zero attached hydrogens (tertiary/aromatic N) is 1. The van der Waals surface area contributed by atoms with Crippen LogP contribution in [0.25, 0.3) is 0 Å². The predicted molar refractivity (Wildman–Crippen MR) is 95.7 cm³/mol. The van der Waals surface area contributed by atoms with Crippen molar-refractivity contribution in [1.82, 2.24) is 0 Å². The maximum Gasteiger partial charge on any atom is 0.337 e. The number of carbonyl (C=O) groups is 1. The van der Waals surface area contributed by atoms with Crippen molar-refractivity contribution in [2.45, 2.75) is 19.6 Å². The Bertz CT molecular complexity index is 675. The maximum atomic E-state index is 11.7. The zero-order chi connectivity index (χ0) is 15.5. The van der Waals surface area contributed by atoms with Crippen molar-refractivity contribution in [1.29, 1.82) is 0 Å². The number of methoxy groups -OCH3 is 1. The van der Waals surface area contributed by atoms with Gasteiger partial charge in [-0.25, -0.2) is 4.79 Å². The summed E-state index contributed by atoms with van der Waals surface area (Å²) in [7, 11) is 1.38. The van der Waals surface area contributed by atoms with Crippen LogP contribution in [0.4, 0.5) is 5.69 Å². The minimum Gasteiger partial charge on any atom is -0.488 e. The molecule has 0 bridgehead atoms. The predicted octanol–water partition coefficient (Wildman–Crippen LogP) is 3.37. The summed E-state index contributed by atoms with van der Waals surface area (Å²) in [6, 6.07) is 15.8. The quantitative estimate of drug-likeness (QED) is 0.791. The number of carbonyl (C=O) groups excluding carboxylic acids is 1. The lowest BCUT2D eigenvalue weighted by Crippen LogP contribution is -2.30. The average Bonchev–Trinajstić information content (AvgIpc) is 2.72. The molecule has 1 aliphatic heterocycles. The molecule has 0 aromatic heterocycles. The Morgan fingerprint density at radius 3 is 2.65 bits per heavy atom. The molecule has 2 aromatic rings. The second kappa shape index (κ2) is 7.42. The lowest BCUT2D eigenvalue weighted by atomic mass is 10.1. The highest BCUT2D eigenvalue weighted by atomic mass is 32.1. The van der Waals surface area contributed by atoms with Gasteiger partial charge in [-0.15, -0.1) is 0 Å². The summed E-state index contributed by atoms with van der Waals surface area (Å²) in [5.41, 5.74) is 2.75. The van der Waals surface area contributed by atoms with Gasteiger partial charge in [0, 0.05) is 17.8 Å². The molecule has 1 atom stereocenters. The minimum atomic E-state index is -0.344. The van der Waals surface area contributed by atoms with Crippen LogP contribution >= 0.6 is 13.5 Å². The summed E-state index contributed by atoms with van der Waals surface area (Å²) in [4.78, 5) is 14.0. The molecule has 0 saturated heterocycles. The normalized spacial score (nSPS) is 16.4. The van der Waals surface area contributed by atoms with Gasteiger partial charge in [0.1, 0.15) is 11.9 Å². The molecule has 1 heterocycles. The van der Waals surface area contributed by atoms with E-state index in [9.17, 15) is 4.79 Å². The van der Waals surface area contributed by atoms with Gasteiger partial charge in [-0.1, -0.05) is 24.3 Å². The number of para-hydroxylation sites is 1. The van der Waals surface area contributed by atoms with Crippen molar-refractivity contribution < 1.29 is 14.3 Å². The Labute approximate surface area is 143 Å². The van der Waals surface area contributed by atoms with Gasteiger partial charge in [-0.05, 0) is 31.2 Å². The van der Waals surface area contributed by atoms with Gasteiger partial charge in [0.2, 0.25) is 0 Å². The van der Waals surface area contributed by atoms with Crippen LogP contribution in [0.2, 0.25) is 0 Å². The van der Waals surface area contributed by atoms with Crippen molar-refractivity contribution in [2.75, 3.05) is 18.6 Å². The molecular weight excluding hydrogens is 310 g/mol. The third kappa shape index (κ3) is 3.79. The van der Waals surface area contributed by atoms with Crippen LogP contribution in [0.15, 0.2) is 48.5 Å². The Morgan fingerprint density at radius 1 is 1.22 bits per heavy atom. The molecule has 0 unspecified atom stereocenters. The first kappa shape index (κ1) is 17.2. The smallest absolute Gasteiger partial charge is 0.337 e. The van der Waals surface area contributed by atoms with Crippen molar-refractivity contribution in [2.24, 2.45) is 0 Å². The second-order valence-electron chi connectivity index (χ2n) is 5.46. The van der Waals surface area contributed by atoms with Crippen LogP contribution in [0.1, 0.15) is 22.8 Å². The molecule has 0 N–H and O–H groups in total. The highest BCUT2D eigenvalue weighted by Crippen LogP contribution is 2.29. The molecule has 0 saturated carbocycles. The molecule has 0 aliphatic carbocycles. The highest BCUT2D eigenvalue weighted by molar-refractivity contribution is 7.59. The van der Waals surface area contributed by atoms with E-state index in [1.807, 2.05) is 31.2 Å². The van der Waals surface area contributed by atoms with Crippen LogP contribution in [0.3, 0.4) is 0 Å². The summed E-state index contributed by atoms with van der Waals surface area (Å²) in [5.74, 6) is 0.414. The number of esters is 1. The Morgan fingerprint density at radius 2 is 1.96 bits per heavy atom. The summed E-state index contributed by atoms with van der Waals surface area (Å²) in [5, 5.41) is 0. The molecule has 3 rings (SSSR count). The van der Waals surface area contributed by atoms with Crippen molar-refractivity contribution in [3.8, 4) is 5.75 Å². The number of hydrogen-bond acceptors (Lipinski definition) is 4. The van der Waals surface area contributed by atoms with E-state index in [-0.39, 0.29) is 25.6 Å². The average molecular weight is 331 g/mol. The Kier molecular flexibility index (Phi) is 5.55. The number of hydrogen-bond donors (Lipinski definition) is 0. The van der Waals surface area contributed by atoms with Crippen molar-refractivity contribution in [3.05, 3.63) is 59.7 Å². The number of ether oxygens (including phenoxy) is 2. The fourth-order valence-corrected chi connectivity index (χ4v) is 2.71. The maximum absolute atomic E-state index is 11.7. The molecule has 23 heavy (non-hydrogen) atoms. The third-order valence-corrected chi connectivity index (χ3v) is 3.78. The summed E-state index contributed by atoms with van der Waals surface area (Å²) < 4.78 is 10.8. The fourth-order valence-electron chi connectivity index (χ4n) is 2.71. The summed E-state index contributed by atoms with van der Waals surface area (Å²) >= 11 is 0. The van der Waals surface area contributed by atoms with Gasteiger partial charge in [-0.2, -0.15) is 13.5 Å². The van der Waals surface area contributed by atoms with E-state index < -0.39 is 0 Å². The van der Waals surface area contributed by atoms with E-state index in [1.165, 1.54) is 12.8 Å². The number of fused-ring (bicyclic) bond motifs is 1. The number of rotatable bonds is 2. The van der Waals surface area contributed by atoms with E-state index in [4.69, 9.17) is 9.47 Å². The lowest BCUT2D eigenvalue weighted by molar-refractivity contribution is 0.0600. The second-order valence-corrected chi connectivity index (χ2v) is 5.46. The Hall–Kier alpha value is -2.14. The van der Waals surface area contributed by atoms with Gasteiger partial charge in [-0.3, -0.25) is 0 Å². The van der Waals surface area contributed by atoms with E-state index in [0.717, 1.165) is 24.4 Å². The van der Waals surface area contributed by atoms with Gasteiger partial charge in [0.15, 0.2) is 0 Å². The minimum absolute atomic E-state index is 0. The molecular formula is C18H21NO3S. The topological polar surface area (TPSA) is 38.8 Å². The van der Waals surface area contributed by atoms with E-state index in [1.54, 1.807) is 12.1 Å². The SMILES string of the molecule is COC(=O)c1ccc2c(c1)O[C@@H](C)CN(c1ccccc1)C2.S. The van der Waals surface area contributed by atoms with Gasteiger partial charge >= 0.3 is 5.97 Å². The highest BCUT2D eigenvalue weighted by Gasteiger charge is 2.21. The third-order valence-electron chi connectivity index (χ3n) is 3.78. The molecule has 0 radical (unpaired) electrons. The van der Waals surface area contributed by atoms with Crippen molar-refractivity contribution in [3.63, 3.8) is 0 Å². The fraction of sp³-hybridized carbons (Fsp3) is 0.278. The largest absolute Gasteiger partial charge is 0.488 e. The van der Waals surface area contributed by atoms with Crippen LogP contribution in [-0.4, -0.2) is 25.7 Å². The Balaban J connectivity index is 0.00000192. The first-order chi connectivity index (χ1) is 10.7. The first-order valence-electron chi connectivity index (χ1n) is 7.35. The summed E-state index contributed by atoms with van der Waals surface area (Å²) in [6.07, 6.45) is 0.0364. The standard InChI is InChI=1S/C18H19NO3.H2S/c1-13-11-19(16-6-4-3-5-7-16)12-15-9-8-14(18(20)21-2)10-17(15)22-13;/h3-10,13H,11-12H2,1-2H3;1H2/t13-;/m0./s1. The molecule has 1 aliphatic rings. The summed E-state index contributed by atoms with van der Waals surface area (Å²) in [6.45, 7) is 3.59. The monoisotopic (exact) mass is 331 g/mol. The molecule has 122 valence electrons. The zero-order valence-corrected chi connectivity index (χ0v) is 14.3. The van der Waals surface area contributed by atoms with Crippen LogP contribution in [0.5, 0.6) is 5.75 Å². The number of benzene rings is 2. The molecule has 2 aromatic carbocycles. The molecule has 0 fully saturated rings.